The summed E-state index contributed by atoms with van der Waals surface area (Å²) in [5.74, 6) is -1.60. The molecule has 0 aliphatic carbocycles. The molecule has 1 fully saturated rings. The van der Waals surface area contributed by atoms with E-state index >= 15 is 0 Å². The zero-order chi connectivity index (χ0) is 13.9. The van der Waals surface area contributed by atoms with Gasteiger partial charge in [-0.3, -0.25) is 4.79 Å². The van der Waals surface area contributed by atoms with E-state index in [0.717, 1.165) is 25.3 Å². The molecule has 1 aromatic carbocycles. The Balaban J connectivity index is 2.10. The van der Waals surface area contributed by atoms with Gasteiger partial charge in [0.2, 0.25) is 5.91 Å². The van der Waals surface area contributed by atoms with Crippen LogP contribution in [0.2, 0.25) is 0 Å². The maximum Gasteiger partial charge on any atom is 0.238 e. The van der Waals surface area contributed by atoms with Crippen LogP contribution in [0.5, 0.6) is 0 Å². The standard InChI is InChI=1S/C13H16FNO3S/c14-11-5-4-6-12(9-11)19(17,18)10-13(16)15-7-2-1-3-8-15/h4-6,9H,1-3,7-8,10H2. The molecule has 6 heteroatoms. The first-order valence-electron chi connectivity index (χ1n) is 6.25. The molecule has 0 N–H and O–H groups in total. The van der Waals surface area contributed by atoms with E-state index in [9.17, 15) is 17.6 Å². The average molecular weight is 285 g/mol. The van der Waals surface area contributed by atoms with Gasteiger partial charge < -0.3 is 4.90 Å². The van der Waals surface area contributed by atoms with Gasteiger partial charge in [0.15, 0.2) is 9.84 Å². The third kappa shape index (κ3) is 3.53. The Bertz CT molecular complexity index is 565. The molecule has 1 amide bonds. The van der Waals surface area contributed by atoms with E-state index in [4.69, 9.17) is 0 Å². The van der Waals surface area contributed by atoms with Crippen LogP contribution < -0.4 is 0 Å². The summed E-state index contributed by atoms with van der Waals surface area (Å²) in [6.45, 7) is 1.22. The van der Waals surface area contributed by atoms with Crippen molar-refractivity contribution in [2.75, 3.05) is 18.8 Å². The van der Waals surface area contributed by atoms with Gasteiger partial charge in [0, 0.05) is 13.1 Å². The van der Waals surface area contributed by atoms with E-state index in [1.54, 1.807) is 4.90 Å². The summed E-state index contributed by atoms with van der Waals surface area (Å²) in [4.78, 5) is 13.4. The lowest BCUT2D eigenvalue weighted by Gasteiger charge is -2.26. The number of hydrogen-bond donors (Lipinski definition) is 0. The minimum atomic E-state index is -3.76. The smallest absolute Gasteiger partial charge is 0.238 e. The molecule has 0 unspecified atom stereocenters. The SMILES string of the molecule is O=C(CS(=O)(=O)c1cccc(F)c1)N1CCCCC1. The summed E-state index contributed by atoms with van der Waals surface area (Å²) in [6, 6.07) is 4.75. The Labute approximate surface area is 112 Å². The average Bonchev–Trinajstić information content (AvgIpc) is 2.39. The Morgan fingerprint density at radius 3 is 2.53 bits per heavy atom. The van der Waals surface area contributed by atoms with Crippen molar-refractivity contribution in [2.24, 2.45) is 0 Å². The van der Waals surface area contributed by atoms with Crippen LogP contribution >= 0.6 is 0 Å². The van der Waals surface area contributed by atoms with Crippen molar-refractivity contribution in [1.29, 1.82) is 0 Å². The second-order valence-corrected chi connectivity index (χ2v) is 6.65. The molecular weight excluding hydrogens is 269 g/mol. The van der Waals surface area contributed by atoms with Gasteiger partial charge in [-0.15, -0.1) is 0 Å². The van der Waals surface area contributed by atoms with Crippen LogP contribution in [-0.2, 0) is 14.6 Å². The largest absolute Gasteiger partial charge is 0.342 e. The summed E-state index contributed by atoms with van der Waals surface area (Å²) in [7, 11) is -3.76. The van der Waals surface area contributed by atoms with Gasteiger partial charge in [-0.25, -0.2) is 12.8 Å². The van der Waals surface area contributed by atoms with Gasteiger partial charge in [0.25, 0.3) is 0 Å². The zero-order valence-electron chi connectivity index (χ0n) is 10.5. The fourth-order valence-corrected chi connectivity index (χ4v) is 3.39. The molecule has 0 bridgehead atoms. The Morgan fingerprint density at radius 2 is 1.89 bits per heavy atom. The van der Waals surface area contributed by atoms with E-state index in [-0.39, 0.29) is 4.90 Å². The lowest BCUT2D eigenvalue weighted by atomic mass is 10.1. The van der Waals surface area contributed by atoms with Gasteiger partial charge in [-0.05, 0) is 37.5 Å². The van der Waals surface area contributed by atoms with Crippen LogP contribution in [-0.4, -0.2) is 38.1 Å². The molecular formula is C13H16FNO3S. The van der Waals surface area contributed by atoms with Crippen LogP contribution in [0.4, 0.5) is 4.39 Å². The number of sulfone groups is 1. The third-order valence-corrected chi connectivity index (χ3v) is 4.78. The van der Waals surface area contributed by atoms with E-state index in [0.29, 0.717) is 13.1 Å². The minimum Gasteiger partial charge on any atom is -0.342 e. The highest BCUT2D eigenvalue weighted by molar-refractivity contribution is 7.92. The molecule has 1 aliphatic rings. The van der Waals surface area contributed by atoms with Crippen molar-refractivity contribution in [1.82, 2.24) is 4.90 Å². The molecule has 1 aliphatic heterocycles. The van der Waals surface area contributed by atoms with Crippen LogP contribution in [0.1, 0.15) is 19.3 Å². The maximum absolute atomic E-state index is 13.0. The summed E-state index contributed by atoms with van der Waals surface area (Å²) < 4.78 is 37.1. The minimum absolute atomic E-state index is 0.141. The number of piperidine rings is 1. The Morgan fingerprint density at radius 1 is 1.21 bits per heavy atom. The second-order valence-electron chi connectivity index (χ2n) is 4.66. The number of hydrogen-bond acceptors (Lipinski definition) is 3. The van der Waals surface area contributed by atoms with Crippen molar-refractivity contribution >= 4 is 15.7 Å². The van der Waals surface area contributed by atoms with E-state index in [2.05, 4.69) is 0 Å². The molecule has 4 nitrogen and oxygen atoms in total. The van der Waals surface area contributed by atoms with Crippen LogP contribution in [0.3, 0.4) is 0 Å². The number of amides is 1. The topological polar surface area (TPSA) is 54.5 Å². The molecule has 1 saturated heterocycles. The van der Waals surface area contributed by atoms with E-state index < -0.39 is 27.3 Å². The number of halogens is 1. The lowest BCUT2D eigenvalue weighted by molar-refractivity contribution is -0.129. The van der Waals surface area contributed by atoms with Crippen LogP contribution in [0.15, 0.2) is 29.2 Å². The zero-order valence-corrected chi connectivity index (χ0v) is 11.3. The predicted molar refractivity (Wildman–Crippen MR) is 68.9 cm³/mol. The van der Waals surface area contributed by atoms with Gasteiger partial charge in [0.1, 0.15) is 11.6 Å². The lowest BCUT2D eigenvalue weighted by Crippen LogP contribution is -2.39. The fourth-order valence-electron chi connectivity index (χ4n) is 2.14. The molecule has 0 saturated carbocycles. The normalized spacial score (nSPS) is 16.4. The highest BCUT2D eigenvalue weighted by atomic mass is 32.2. The fraction of sp³-hybridized carbons (Fsp3) is 0.462. The highest BCUT2D eigenvalue weighted by Crippen LogP contribution is 2.15. The van der Waals surface area contributed by atoms with Crippen molar-refractivity contribution < 1.29 is 17.6 Å². The summed E-state index contributed by atoms with van der Waals surface area (Å²) in [5, 5.41) is 0. The van der Waals surface area contributed by atoms with Crippen molar-refractivity contribution in [3.63, 3.8) is 0 Å². The quantitative estimate of drug-likeness (QED) is 0.848. The Kier molecular flexibility index (Phi) is 4.19. The third-order valence-electron chi connectivity index (χ3n) is 3.18. The number of carbonyl (C=O) groups excluding carboxylic acids is 1. The molecule has 0 spiro atoms. The molecule has 2 rings (SSSR count). The first-order chi connectivity index (χ1) is 8.99. The van der Waals surface area contributed by atoms with Gasteiger partial charge in [-0.2, -0.15) is 0 Å². The number of likely N-dealkylation sites (tertiary alicyclic amines) is 1. The number of nitrogens with zero attached hydrogens (tertiary/aromatic N) is 1. The van der Waals surface area contributed by atoms with Crippen molar-refractivity contribution in [3.05, 3.63) is 30.1 Å². The first-order valence-corrected chi connectivity index (χ1v) is 7.90. The number of benzene rings is 1. The molecule has 19 heavy (non-hydrogen) atoms. The second kappa shape index (κ2) is 5.69. The maximum atomic E-state index is 13.0. The van der Waals surface area contributed by atoms with Gasteiger partial charge in [-0.1, -0.05) is 6.07 Å². The van der Waals surface area contributed by atoms with Gasteiger partial charge in [0.05, 0.1) is 4.90 Å². The summed E-state index contributed by atoms with van der Waals surface area (Å²) in [6.07, 6.45) is 2.89. The molecule has 1 aromatic rings. The van der Waals surface area contributed by atoms with Crippen LogP contribution in [0, 0.1) is 5.82 Å². The molecule has 1 heterocycles. The Hall–Kier alpha value is -1.43. The number of rotatable bonds is 3. The monoisotopic (exact) mass is 285 g/mol. The first kappa shape index (κ1) is 14.0. The van der Waals surface area contributed by atoms with E-state index in [1.165, 1.54) is 18.2 Å². The van der Waals surface area contributed by atoms with Crippen molar-refractivity contribution in [3.8, 4) is 0 Å². The van der Waals surface area contributed by atoms with Crippen LogP contribution in [0.25, 0.3) is 0 Å². The molecule has 104 valence electrons. The van der Waals surface area contributed by atoms with Crippen molar-refractivity contribution in [2.45, 2.75) is 24.2 Å². The predicted octanol–water partition coefficient (Wildman–Crippen LogP) is 1.61. The molecule has 0 aromatic heterocycles. The highest BCUT2D eigenvalue weighted by Gasteiger charge is 2.24. The summed E-state index contributed by atoms with van der Waals surface area (Å²) in [5.41, 5.74) is 0. The van der Waals surface area contributed by atoms with E-state index in [1.807, 2.05) is 0 Å². The number of carbonyl (C=O) groups is 1. The molecule has 0 radical (unpaired) electrons. The summed E-state index contributed by atoms with van der Waals surface area (Å²) >= 11 is 0. The molecule has 0 atom stereocenters. The van der Waals surface area contributed by atoms with Gasteiger partial charge >= 0.3 is 0 Å².